The predicted octanol–water partition coefficient (Wildman–Crippen LogP) is -0.501. The average Bonchev–Trinajstić information content (AvgIpc) is 2.30. The third-order valence-electron chi connectivity index (χ3n) is 2.12. The van der Waals surface area contributed by atoms with Crippen molar-refractivity contribution in [1.29, 1.82) is 0 Å². The number of Topliss-reactive ketones (excluding diaryl/α,β-unsaturated/α-hetero) is 1. The summed E-state index contributed by atoms with van der Waals surface area (Å²) in [6.45, 7) is 3.28. The van der Waals surface area contributed by atoms with Gasteiger partial charge in [-0.05, 0) is 13.0 Å². The van der Waals surface area contributed by atoms with Gasteiger partial charge in [-0.15, -0.1) is 5.56 Å². The zero-order valence-electron chi connectivity index (χ0n) is 10.5. The number of phenols is 1. The number of esters is 1. The zero-order chi connectivity index (χ0) is 13.0. The van der Waals surface area contributed by atoms with E-state index >= 15 is 0 Å². The number of hydrogen-bond donors (Lipinski definition) is 1. The Bertz CT molecular complexity index is 448. The van der Waals surface area contributed by atoms with E-state index in [2.05, 4.69) is 15.9 Å². The molecule has 0 saturated carbocycles. The SMILES string of the molecule is CCOC(=O)[C-](C)C(=O)c1cc(O)ccc1Br.[Li+]. The standard InChI is InChI=1S/C12H12BrO4.Li/c1-3-17-12(16)7(2)11(15)9-6-8(14)4-5-10(9)13;/h4-6,14H,3H2,1-2H3;/q-1;+1. The number of phenolic OH excluding ortho intramolecular Hbond substituents is 1. The Morgan fingerprint density at radius 2 is 2.06 bits per heavy atom. The summed E-state index contributed by atoms with van der Waals surface area (Å²) in [5.74, 6) is -1.16. The first-order chi connectivity index (χ1) is 7.97. The summed E-state index contributed by atoms with van der Waals surface area (Å²) in [5.41, 5.74) is 0.232. The molecule has 0 radical (unpaired) electrons. The van der Waals surface area contributed by atoms with Gasteiger partial charge >= 0.3 is 18.9 Å². The van der Waals surface area contributed by atoms with E-state index < -0.39 is 11.8 Å². The number of hydrogen-bond acceptors (Lipinski definition) is 4. The molecule has 0 heterocycles. The minimum absolute atomic E-state index is 0. The van der Waals surface area contributed by atoms with Crippen LogP contribution in [0.15, 0.2) is 22.7 Å². The Morgan fingerprint density at radius 1 is 1.44 bits per heavy atom. The van der Waals surface area contributed by atoms with Gasteiger partial charge in [0.05, 0.1) is 12.4 Å². The maximum Gasteiger partial charge on any atom is 1.00 e. The molecule has 0 unspecified atom stereocenters. The van der Waals surface area contributed by atoms with Crippen LogP contribution >= 0.6 is 15.9 Å². The van der Waals surface area contributed by atoms with Crippen molar-refractivity contribution in [1.82, 2.24) is 0 Å². The molecule has 92 valence electrons. The molecular formula is C12H12BrLiO4. The van der Waals surface area contributed by atoms with Crippen molar-refractivity contribution in [3.63, 3.8) is 0 Å². The molecule has 0 atom stereocenters. The number of ether oxygens (including phenoxy) is 1. The summed E-state index contributed by atoms with van der Waals surface area (Å²) >= 11 is 3.19. The van der Waals surface area contributed by atoms with Crippen molar-refractivity contribution < 1.29 is 38.3 Å². The second-order valence-corrected chi connectivity index (χ2v) is 4.19. The van der Waals surface area contributed by atoms with Crippen molar-refractivity contribution in [3.05, 3.63) is 34.2 Å². The molecule has 0 saturated heterocycles. The molecule has 0 bridgehead atoms. The molecule has 0 spiro atoms. The van der Waals surface area contributed by atoms with Crippen LogP contribution in [0.25, 0.3) is 0 Å². The van der Waals surface area contributed by atoms with Gasteiger partial charge in [-0.1, -0.05) is 45.4 Å². The Labute approximate surface area is 126 Å². The number of benzene rings is 1. The Morgan fingerprint density at radius 3 is 2.61 bits per heavy atom. The van der Waals surface area contributed by atoms with Crippen molar-refractivity contribution >= 4 is 27.7 Å². The summed E-state index contributed by atoms with van der Waals surface area (Å²) in [5, 5.41) is 9.31. The van der Waals surface area contributed by atoms with Crippen LogP contribution in [0.3, 0.4) is 0 Å². The second kappa shape index (κ2) is 7.52. The number of carbonyl (C=O) groups excluding carboxylic acids is 2. The quantitative estimate of drug-likeness (QED) is 0.268. The number of rotatable bonds is 4. The number of halogens is 1. The molecule has 4 nitrogen and oxygen atoms in total. The fourth-order valence-corrected chi connectivity index (χ4v) is 1.65. The molecule has 0 fully saturated rings. The van der Waals surface area contributed by atoms with Gasteiger partial charge in [0.1, 0.15) is 0 Å². The monoisotopic (exact) mass is 306 g/mol. The van der Waals surface area contributed by atoms with E-state index in [1.54, 1.807) is 13.0 Å². The third-order valence-corrected chi connectivity index (χ3v) is 2.81. The van der Waals surface area contributed by atoms with Gasteiger partial charge in [-0.25, -0.2) is 0 Å². The van der Waals surface area contributed by atoms with Crippen LogP contribution in [0.5, 0.6) is 5.75 Å². The fraction of sp³-hybridized carbons (Fsp3) is 0.250. The van der Waals surface area contributed by atoms with E-state index in [1.807, 2.05) is 0 Å². The Hall–Kier alpha value is -0.893. The summed E-state index contributed by atoms with van der Waals surface area (Å²) in [4.78, 5) is 23.4. The van der Waals surface area contributed by atoms with Crippen molar-refractivity contribution in [2.24, 2.45) is 0 Å². The van der Waals surface area contributed by atoms with Gasteiger partial charge in [0.2, 0.25) is 0 Å². The summed E-state index contributed by atoms with van der Waals surface area (Å²) in [7, 11) is 0. The number of aromatic hydroxyl groups is 1. The molecule has 1 aromatic carbocycles. The summed E-state index contributed by atoms with van der Waals surface area (Å²) < 4.78 is 5.26. The van der Waals surface area contributed by atoms with Crippen molar-refractivity contribution in [2.45, 2.75) is 13.8 Å². The topological polar surface area (TPSA) is 63.6 Å². The van der Waals surface area contributed by atoms with Crippen molar-refractivity contribution in [2.75, 3.05) is 6.61 Å². The van der Waals surface area contributed by atoms with Crippen LogP contribution in [0, 0.1) is 5.92 Å². The van der Waals surface area contributed by atoms with Crippen LogP contribution in [0.4, 0.5) is 0 Å². The van der Waals surface area contributed by atoms with Crippen molar-refractivity contribution in [3.8, 4) is 5.75 Å². The molecule has 18 heavy (non-hydrogen) atoms. The van der Waals surface area contributed by atoms with Gasteiger partial charge in [0, 0.05) is 5.78 Å². The fourth-order valence-electron chi connectivity index (χ4n) is 1.22. The van der Waals surface area contributed by atoms with Crippen LogP contribution in [-0.4, -0.2) is 23.5 Å². The third kappa shape index (κ3) is 4.09. The largest absolute Gasteiger partial charge is 1.00 e. The Balaban J connectivity index is 0.00000289. The molecule has 0 amide bonds. The molecule has 6 heteroatoms. The molecule has 0 aliphatic heterocycles. The zero-order valence-corrected chi connectivity index (χ0v) is 12.1. The van der Waals surface area contributed by atoms with E-state index in [4.69, 9.17) is 4.74 Å². The van der Waals surface area contributed by atoms with Gasteiger partial charge in [-0.2, -0.15) is 0 Å². The van der Waals surface area contributed by atoms with Crippen LogP contribution in [0.2, 0.25) is 0 Å². The van der Waals surface area contributed by atoms with Crippen LogP contribution in [0.1, 0.15) is 24.2 Å². The van der Waals surface area contributed by atoms with Gasteiger partial charge in [-0.3, -0.25) is 4.79 Å². The maximum absolute atomic E-state index is 12.0. The first-order valence-corrected chi connectivity index (χ1v) is 5.80. The second-order valence-electron chi connectivity index (χ2n) is 3.34. The number of ketones is 1. The first kappa shape index (κ1) is 17.1. The van der Waals surface area contributed by atoms with E-state index in [0.717, 1.165) is 0 Å². The molecule has 0 aromatic heterocycles. The normalized spacial score (nSPS) is 9.28. The average molecular weight is 307 g/mol. The van der Waals surface area contributed by atoms with Gasteiger partial charge in [0.25, 0.3) is 5.97 Å². The van der Waals surface area contributed by atoms with E-state index in [9.17, 15) is 14.7 Å². The molecular weight excluding hydrogens is 295 g/mol. The predicted molar refractivity (Wildman–Crippen MR) is 65.7 cm³/mol. The Kier molecular flexibility index (Phi) is 7.15. The molecule has 1 rings (SSSR count). The molecule has 0 aliphatic rings. The summed E-state index contributed by atoms with van der Waals surface area (Å²) in [6.07, 6.45) is 0. The van der Waals surface area contributed by atoms with Crippen LogP contribution in [-0.2, 0) is 9.53 Å². The number of carbonyl (C=O) groups is 2. The molecule has 0 aliphatic carbocycles. The van der Waals surface area contributed by atoms with E-state index in [0.29, 0.717) is 4.47 Å². The van der Waals surface area contributed by atoms with Crippen LogP contribution < -0.4 is 18.9 Å². The summed E-state index contributed by atoms with van der Waals surface area (Å²) in [6, 6.07) is 4.29. The minimum Gasteiger partial charge on any atom is -0.510 e. The molecule has 1 N–H and O–H groups in total. The van der Waals surface area contributed by atoms with E-state index in [1.165, 1.54) is 19.1 Å². The van der Waals surface area contributed by atoms with Gasteiger partial charge in [0.15, 0.2) is 0 Å². The van der Waals surface area contributed by atoms with E-state index in [-0.39, 0.29) is 42.7 Å². The molecule has 1 aromatic rings. The first-order valence-electron chi connectivity index (χ1n) is 5.01. The minimum atomic E-state index is -0.646. The maximum atomic E-state index is 12.0. The van der Waals surface area contributed by atoms with Gasteiger partial charge < -0.3 is 14.6 Å². The smallest absolute Gasteiger partial charge is 0.510 e.